The van der Waals surface area contributed by atoms with Crippen molar-refractivity contribution < 1.29 is 14.4 Å². The summed E-state index contributed by atoms with van der Waals surface area (Å²) in [4.78, 5) is 39.1. The minimum absolute atomic E-state index is 0.0319. The molecule has 0 spiro atoms. The molecule has 192 valence electrons. The molecule has 4 aromatic carbocycles. The number of carbonyl (C=O) groups excluding carboxylic acids is 3. The van der Waals surface area contributed by atoms with E-state index < -0.39 is 0 Å². The molecule has 0 atom stereocenters. The van der Waals surface area contributed by atoms with E-state index in [0.29, 0.717) is 35.5 Å². The van der Waals surface area contributed by atoms with Crippen molar-refractivity contribution in [3.05, 3.63) is 120 Å². The van der Waals surface area contributed by atoms with Crippen LogP contribution in [0.1, 0.15) is 22.3 Å². The van der Waals surface area contributed by atoms with Crippen LogP contribution in [0.4, 0.5) is 22.7 Å². The highest BCUT2D eigenvalue weighted by atomic mass is 16.2. The zero-order valence-electron chi connectivity index (χ0n) is 21.2. The van der Waals surface area contributed by atoms with Crippen molar-refractivity contribution in [1.29, 1.82) is 0 Å². The zero-order chi connectivity index (χ0) is 26.7. The van der Waals surface area contributed by atoms with E-state index in [9.17, 15) is 14.4 Å². The molecule has 0 heterocycles. The van der Waals surface area contributed by atoms with Gasteiger partial charge in [0.1, 0.15) is 0 Å². The molecule has 0 saturated heterocycles. The first-order chi connectivity index (χ1) is 18.5. The minimum atomic E-state index is -0.234. The number of amides is 3. The Hall–Kier alpha value is -4.91. The lowest BCUT2D eigenvalue weighted by Gasteiger charge is -2.18. The van der Waals surface area contributed by atoms with Crippen molar-refractivity contribution in [2.24, 2.45) is 0 Å². The Kier molecular flexibility index (Phi) is 8.86. The maximum atomic E-state index is 12.9. The van der Waals surface area contributed by atoms with Gasteiger partial charge in [0.05, 0.1) is 6.54 Å². The predicted octanol–water partition coefficient (Wildman–Crippen LogP) is 5.59. The number of nitrogens with zero attached hydrogens (tertiary/aromatic N) is 1. The molecule has 3 N–H and O–H groups in total. The average Bonchev–Trinajstić information content (AvgIpc) is 2.96. The molecule has 0 bridgehead atoms. The molecule has 3 amide bonds. The number of benzene rings is 4. The number of anilines is 4. The summed E-state index contributed by atoms with van der Waals surface area (Å²) in [5, 5.41) is 8.77. The summed E-state index contributed by atoms with van der Waals surface area (Å²) in [6.07, 6.45) is 1.07. The van der Waals surface area contributed by atoms with E-state index in [0.717, 1.165) is 11.3 Å². The van der Waals surface area contributed by atoms with Gasteiger partial charge in [-0.1, -0.05) is 54.6 Å². The van der Waals surface area contributed by atoms with Crippen LogP contribution in [-0.4, -0.2) is 31.3 Å². The molecule has 0 aliphatic carbocycles. The minimum Gasteiger partial charge on any atom is -0.376 e. The van der Waals surface area contributed by atoms with Crippen LogP contribution >= 0.6 is 0 Å². The van der Waals surface area contributed by atoms with E-state index in [-0.39, 0.29) is 24.3 Å². The van der Waals surface area contributed by atoms with Gasteiger partial charge in [-0.25, -0.2) is 0 Å². The van der Waals surface area contributed by atoms with Gasteiger partial charge in [0.15, 0.2) is 0 Å². The van der Waals surface area contributed by atoms with Gasteiger partial charge < -0.3 is 20.9 Å². The molecule has 0 aliphatic heterocycles. The first-order valence-corrected chi connectivity index (χ1v) is 12.4. The Bertz CT molecular complexity index is 1370. The highest BCUT2D eigenvalue weighted by Crippen LogP contribution is 2.18. The average molecular weight is 507 g/mol. The van der Waals surface area contributed by atoms with E-state index in [2.05, 4.69) is 16.0 Å². The maximum absolute atomic E-state index is 12.9. The Labute approximate surface area is 222 Å². The van der Waals surface area contributed by atoms with Crippen LogP contribution in [-0.2, 0) is 16.0 Å². The quantitative estimate of drug-likeness (QED) is 0.262. The van der Waals surface area contributed by atoms with E-state index in [4.69, 9.17) is 0 Å². The van der Waals surface area contributed by atoms with Crippen LogP contribution in [0, 0.1) is 0 Å². The summed E-state index contributed by atoms with van der Waals surface area (Å²) in [5.41, 5.74) is 4.39. The molecule has 0 saturated carbocycles. The molecule has 0 radical (unpaired) electrons. The van der Waals surface area contributed by atoms with Gasteiger partial charge in [-0.15, -0.1) is 0 Å². The van der Waals surface area contributed by atoms with E-state index >= 15 is 0 Å². The summed E-state index contributed by atoms with van der Waals surface area (Å²) in [6.45, 7) is 0.0319. The highest BCUT2D eigenvalue weighted by Gasteiger charge is 2.14. The van der Waals surface area contributed by atoms with Crippen molar-refractivity contribution in [3.63, 3.8) is 0 Å². The van der Waals surface area contributed by atoms with Crippen LogP contribution in [0.2, 0.25) is 0 Å². The van der Waals surface area contributed by atoms with Crippen LogP contribution in [0.15, 0.2) is 109 Å². The Morgan fingerprint density at radius 1 is 0.658 bits per heavy atom. The van der Waals surface area contributed by atoms with Crippen LogP contribution in [0.5, 0.6) is 0 Å². The molecule has 38 heavy (non-hydrogen) atoms. The van der Waals surface area contributed by atoms with Crippen LogP contribution in [0.25, 0.3) is 0 Å². The van der Waals surface area contributed by atoms with Crippen LogP contribution < -0.4 is 20.9 Å². The lowest BCUT2D eigenvalue weighted by molar-refractivity contribution is -0.116. The fraction of sp³-hybridized carbons (Fsp3) is 0.129. The van der Waals surface area contributed by atoms with Crippen molar-refractivity contribution in [2.75, 3.05) is 34.4 Å². The fourth-order valence-corrected chi connectivity index (χ4v) is 3.88. The predicted molar refractivity (Wildman–Crippen MR) is 153 cm³/mol. The second-order valence-electron chi connectivity index (χ2n) is 8.79. The van der Waals surface area contributed by atoms with Gasteiger partial charge >= 0.3 is 0 Å². The largest absolute Gasteiger partial charge is 0.376 e. The molecule has 7 nitrogen and oxygen atoms in total. The van der Waals surface area contributed by atoms with Crippen molar-refractivity contribution in [3.8, 4) is 0 Å². The highest BCUT2D eigenvalue weighted by molar-refractivity contribution is 6.06. The van der Waals surface area contributed by atoms with E-state index in [1.165, 1.54) is 0 Å². The SMILES string of the molecule is CN(C(=O)c1cccc(NCC(=O)Nc2ccc(NC(=O)CCc3ccccc3)cc2)c1)c1ccccc1. The van der Waals surface area contributed by atoms with Crippen LogP contribution in [0.3, 0.4) is 0 Å². The standard InChI is InChI=1S/C31H30N4O3/c1-35(28-13-6-3-7-14-28)31(38)24-11-8-12-27(21-24)32-22-30(37)34-26-18-16-25(17-19-26)33-29(36)20-15-23-9-4-2-5-10-23/h2-14,16-19,21,32H,15,20,22H2,1H3,(H,33,36)(H,34,37). The summed E-state index contributed by atoms with van der Waals surface area (Å²) in [6, 6.07) is 33.3. The molecule has 0 aliphatic rings. The first-order valence-electron chi connectivity index (χ1n) is 12.4. The van der Waals surface area contributed by atoms with Gasteiger partial charge in [-0.3, -0.25) is 14.4 Å². The zero-order valence-corrected chi connectivity index (χ0v) is 21.2. The smallest absolute Gasteiger partial charge is 0.258 e. The number of hydrogen-bond donors (Lipinski definition) is 3. The summed E-state index contributed by atoms with van der Waals surface area (Å²) in [7, 11) is 1.73. The maximum Gasteiger partial charge on any atom is 0.258 e. The second-order valence-corrected chi connectivity index (χ2v) is 8.79. The van der Waals surface area contributed by atoms with Gasteiger partial charge in [0, 0.05) is 41.8 Å². The number of aryl methyl sites for hydroxylation is 1. The molecule has 7 heteroatoms. The number of nitrogens with one attached hydrogen (secondary N) is 3. The van der Waals surface area contributed by atoms with Crippen molar-refractivity contribution in [1.82, 2.24) is 0 Å². The lowest BCUT2D eigenvalue weighted by atomic mass is 10.1. The van der Waals surface area contributed by atoms with Gasteiger partial charge in [-0.05, 0) is 66.6 Å². The summed E-state index contributed by atoms with van der Waals surface area (Å²) in [5.74, 6) is -0.440. The number of hydrogen-bond acceptors (Lipinski definition) is 4. The number of carbonyl (C=O) groups is 3. The lowest BCUT2D eigenvalue weighted by Crippen LogP contribution is -2.26. The monoisotopic (exact) mass is 506 g/mol. The Morgan fingerprint density at radius 3 is 1.92 bits per heavy atom. The van der Waals surface area contributed by atoms with Gasteiger partial charge in [-0.2, -0.15) is 0 Å². The van der Waals surface area contributed by atoms with Crippen molar-refractivity contribution in [2.45, 2.75) is 12.8 Å². The van der Waals surface area contributed by atoms with E-state index in [1.54, 1.807) is 54.4 Å². The summed E-state index contributed by atoms with van der Waals surface area (Å²) < 4.78 is 0. The first kappa shape index (κ1) is 26.2. The third-order valence-electron chi connectivity index (χ3n) is 5.95. The third kappa shape index (κ3) is 7.54. The van der Waals surface area contributed by atoms with E-state index in [1.807, 2.05) is 66.7 Å². The normalized spacial score (nSPS) is 10.3. The summed E-state index contributed by atoms with van der Waals surface area (Å²) >= 11 is 0. The van der Waals surface area contributed by atoms with Gasteiger partial charge in [0.2, 0.25) is 11.8 Å². The molecule has 0 unspecified atom stereocenters. The fourth-order valence-electron chi connectivity index (χ4n) is 3.88. The Morgan fingerprint density at radius 2 is 1.26 bits per heavy atom. The Balaban J connectivity index is 1.24. The number of para-hydroxylation sites is 1. The number of rotatable bonds is 10. The van der Waals surface area contributed by atoms with Gasteiger partial charge in [0.25, 0.3) is 5.91 Å². The molecule has 0 fully saturated rings. The molecule has 4 aromatic rings. The van der Waals surface area contributed by atoms with Crippen molar-refractivity contribution >= 4 is 40.5 Å². The third-order valence-corrected chi connectivity index (χ3v) is 5.95. The molecule has 4 rings (SSSR count). The molecule has 0 aromatic heterocycles. The molecular weight excluding hydrogens is 476 g/mol. The topological polar surface area (TPSA) is 90.5 Å². The molecular formula is C31H30N4O3. The second kappa shape index (κ2) is 12.9.